The van der Waals surface area contributed by atoms with Crippen molar-refractivity contribution in [2.24, 2.45) is 0 Å². The zero-order valence-corrected chi connectivity index (χ0v) is 53.7. The summed E-state index contributed by atoms with van der Waals surface area (Å²) in [5.41, 5.74) is 27.5. The Bertz CT molecular complexity index is 3480. The highest BCUT2D eigenvalue weighted by Crippen LogP contribution is 2.47. The van der Waals surface area contributed by atoms with Gasteiger partial charge in [-0.2, -0.15) is 0 Å². The predicted octanol–water partition coefficient (Wildman–Crippen LogP) is 18.3. The van der Waals surface area contributed by atoms with Gasteiger partial charge in [-0.05, 0) is 217 Å². The first-order valence-electron chi connectivity index (χ1n) is 27.1. The van der Waals surface area contributed by atoms with Crippen LogP contribution in [0.15, 0.2) is 97.1 Å². The molecule has 1 aliphatic rings. The fraction of sp³-hybridized carbons (Fsp3) is 0.294. The van der Waals surface area contributed by atoms with Crippen LogP contribution in [0, 0.1) is 83.1 Å². The zero-order chi connectivity index (χ0) is 53.2. The molecule has 1 aliphatic heterocycles. The van der Waals surface area contributed by atoms with E-state index in [1.807, 2.05) is 0 Å². The molecule has 0 aliphatic carbocycles. The quantitative estimate of drug-likeness (QED) is 0.154. The Hall–Kier alpha value is -4.93. The average molecular weight is 1070 g/mol. The summed E-state index contributed by atoms with van der Waals surface area (Å²) in [5, 5.41) is 12.5. The van der Waals surface area contributed by atoms with E-state index < -0.39 is 30.4 Å². The molecular weight excluding hydrogens is 993 g/mol. The number of hydrogen-bond donors (Lipinski definition) is 0. The van der Waals surface area contributed by atoms with Crippen LogP contribution in [0.3, 0.4) is 0 Å². The Morgan fingerprint density at radius 2 is 0.392 bits per heavy atom. The Morgan fingerprint density at radius 1 is 0.230 bits per heavy atom. The van der Waals surface area contributed by atoms with Gasteiger partial charge in [0.15, 0.2) is 0 Å². The van der Waals surface area contributed by atoms with E-state index >= 15 is 0 Å². The van der Waals surface area contributed by atoms with Crippen molar-refractivity contribution >= 4 is 114 Å². The minimum Gasteiger partial charge on any atom is -0.135 e. The van der Waals surface area contributed by atoms with Gasteiger partial charge in [0.1, 0.15) is 0 Å². The third kappa shape index (κ3) is 7.54. The van der Waals surface area contributed by atoms with E-state index in [9.17, 15) is 0 Å². The van der Waals surface area contributed by atoms with Crippen LogP contribution in [0.4, 0.5) is 0 Å². The van der Waals surface area contributed by atoms with Gasteiger partial charge in [-0.25, -0.2) is 0 Å². The molecule has 0 radical (unpaired) electrons. The van der Waals surface area contributed by atoms with Gasteiger partial charge >= 0.3 is 0 Å². The summed E-state index contributed by atoms with van der Waals surface area (Å²) in [4.78, 5) is 0. The first-order chi connectivity index (χ1) is 34.6. The summed E-state index contributed by atoms with van der Waals surface area (Å²) < 4.78 is 6.17. The maximum absolute atomic E-state index is 2.78. The fourth-order valence-corrected chi connectivity index (χ4v) is 39.3. The number of hydrogen-bond acceptors (Lipinski definition) is 2. The average Bonchev–Trinajstić information content (AvgIpc) is 3.84. The predicted molar refractivity (Wildman–Crippen MR) is 346 cm³/mol. The Labute approximate surface area is 454 Å². The van der Waals surface area contributed by atoms with Gasteiger partial charge in [0.05, 0.1) is 30.4 Å². The van der Waals surface area contributed by atoms with Crippen molar-refractivity contribution in [2.45, 2.75) is 135 Å². The Kier molecular flexibility index (Phi) is 12.0. The van der Waals surface area contributed by atoms with Gasteiger partial charge in [0, 0.05) is 40.3 Å². The van der Waals surface area contributed by atoms with Crippen molar-refractivity contribution in [3.8, 4) is 44.5 Å². The molecule has 376 valence electrons. The fourth-order valence-electron chi connectivity index (χ4n) is 14.3. The summed E-state index contributed by atoms with van der Waals surface area (Å²) in [7, 11) is -9.59. The van der Waals surface area contributed by atoms with Crippen LogP contribution in [0.5, 0.6) is 0 Å². The number of thiophene rings is 2. The third-order valence-electron chi connectivity index (χ3n) is 19.0. The zero-order valence-electron chi connectivity index (χ0n) is 48.1. The van der Waals surface area contributed by atoms with Crippen LogP contribution < -0.4 is 20.7 Å². The second-order valence-corrected chi connectivity index (χ2v) is 57.6. The van der Waals surface area contributed by atoms with Crippen molar-refractivity contribution in [3.05, 3.63) is 164 Å². The summed E-state index contributed by atoms with van der Waals surface area (Å²) in [6.45, 7) is 50.1. The maximum atomic E-state index is 2.78. The van der Waals surface area contributed by atoms with Crippen molar-refractivity contribution in [1.29, 1.82) is 0 Å². The van der Waals surface area contributed by atoms with E-state index in [-0.39, 0.29) is 0 Å². The standard InChI is InChI=1S/C68H76S2Si4/c1-37-21-41(5)61(42(6)22-37)49-29-53-54-30-50(62-43(7)23-38(2)24-44(62)8)34-58-66(54)69-65(53)57(33-49)71(13,14)72(15,16)59-35-51(63-45(9)25-39(3)26-46(63)10)31-55-56-32-52(64-47(11)27-40(4)28-48(64)12)36-60(68(56)70-67(55)59)74(19,20)73(58,17)18/h21-36H,1-20H3. The Balaban J connectivity index is 1.38. The molecule has 11 rings (SSSR count). The van der Waals surface area contributed by atoms with Crippen LogP contribution in [-0.2, 0) is 0 Å². The number of benzene rings is 8. The largest absolute Gasteiger partial charge is 0.135 e. The van der Waals surface area contributed by atoms with Gasteiger partial charge in [-0.1, -0.05) is 147 Å². The van der Waals surface area contributed by atoms with Crippen LogP contribution in [0.25, 0.3) is 84.9 Å². The lowest BCUT2D eigenvalue weighted by atomic mass is 9.91. The summed E-state index contributed by atoms with van der Waals surface area (Å²) in [5.74, 6) is 0. The van der Waals surface area contributed by atoms with Crippen molar-refractivity contribution in [2.75, 3.05) is 0 Å². The first kappa shape index (κ1) is 51.2. The molecular formula is C68H76S2Si4. The smallest absolute Gasteiger partial charge is 0.0811 e. The molecule has 0 saturated carbocycles. The van der Waals surface area contributed by atoms with E-state index in [1.165, 1.54) is 133 Å². The molecule has 3 heterocycles. The second kappa shape index (κ2) is 17.3. The second-order valence-electron chi connectivity index (χ2n) is 25.4. The van der Waals surface area contributed by atoms with Crippen LogP contribution in [0.1, 0.15) is 66.8 Å². The minimum atomic E-state index is -2.40. The SMILES string of the molecule is Cc1cc(C)c(-c2cc3c4sc5c(cc(-c6c(C)cc(C)cc6C)cc5c4c2)[Si](C)(C)[Si](C)(C)c2cc(-c4c(C)cc(C)cc4C)cc4c2sc2c(cc(-c5c(C)cc(C)cc5C)cc24)[Si](C)(C)[Si]3(C)C)c(C)c1. The third-order valence-corrected chi connectivity index (χ3v) is 57.5. The molecule has 0 nitrogen and oxygen atoms in total. The summed E-state index contributed by atoms with van der Waals surface area (Å²) in [6.07, 6.45) is 0. The van der Waals surface area contributed by atoms with Gasteiger partial charge in [-0.15, -0.1) is 22.7 Å². The van der Waals surface area contributed by atoms with Gasteiger partial charge in [0.25, 0.3) is 0 Å². The van der Waals surface area contributed by atoms with Crippen LogP contribution >= 0.6 is 22.7 Å². The minimum absolute atomic E-state index is 1.34. The number of fused-ring (bicyclic) bond motifs is 2. The summed E-state index contributed by atoms with van der Waals surface area (Å²) >= 11 is 4.34. The Morgan fingerprint density at radius 3 is 0.554 bits per heavy atom. The molecule has 0 unspecified atom stereocenters. The lowest BCUT2D eigenvalue weighted by Crippen LogP contribution is -2.69. The molecule has 0 amide bonds. The van der Waals surface area contributed by atoms with E-state index in [2.05, 4.69) is 255 Å². The lowest BCUT2D eigenvalue weighted by Gasteiger charge is -2.41. The molecule has 0 fully saturated rings. The molecule has 8 aromatic carbocycles. The van der Waals surface area contributed by atoms with E-state index in [1.54, 1.807) is 39.5 Å². The summed E-state index contributed by atoms with van der Waals surface area (Å²) in [6, 6.07) is 40.8. The van der Waals surface area contributed by atoms with Gasteiger partial charge < -0.3 is 0 Å². The highest BCUT2D eigenvalue weighted by Gasteiger charge is 2.49. The molecule has 74 heavy (non-hydrogen) atoms. The first-order valence-corrected chi connectivity index (χ1v) is 42.7. The molecule has 4 bridgehead atoms. The van der Waals surface area contributed by atoms with Crippen LogP contribution in [-0.4, -0.2) is 30.4 Å². The van der Waals surface area contributed by atoms with E-state index in [0.717, 1.165) is 0 Å². The lowest BCUT2D eigenvalue weighted by molar-refractivity contribution is 1.32. The highest BCUT2D eigenvalue weighted by atomic mass is 32.1. The molecule has 10 aromatic rings. The molecule has 0 atom stereocenters. The van der Waals surface area contributed by atoms with Gasteiger partial charge in [-0.3, -0.25) is 0 Å². The molecule has 2 aromatic heterocycles. The van der Waals surface area contributed by atoms with Crippen molar-refractivity contribution in [3.63, 3.8) is 0 Å². The van der Waals surface area contributed by atoms with Crippen molar-refractivity contribution in [1.82, 2.24) is 0 Å². The number of rotatable bonds is 4. The van der Waals surface area contributed by atoms with Crippen molar-refractivity contribution < 1.29 is 0 Å². The highest BCUT2D eigenvalue weighted by molar-refractivity contribution is 7.54. The molecule has 0 spiro atoms. The molecule has 0 saturated heterocycles. The molecule has 6 heteroatoms. The van der Waals surface area contributed by atoms with E-state index in [0.29, 0.717) is 0 Å². The topological polar surface area (TPSA) is 0 Å². The normalized spacial score (nSPS) is 15.7. The van der Waals surface area contributed by atoms with E-state index in [4.69, 9.17) is 0 Å². The van der Waals surface area contributed by atoms with Crippen LogP contribution in [0.2, 0.25) is 52.4 Å². The number of aryl methyl sites for hydroxylation is 12. The monoisotopic (exact) mass is 1070 g/mol. The van der Waals surface area contributed by atoms with Gasteiger partial charge in [0.2, 0.25) is 0 Å². The molecule has 0 N–H and O–H groups in total. The maximum Gasteiger partial charge on any atom is 0.0811 e.